The number of piperazine rings is 2. The smallest absolute Gasteiger partial charge is 0.297 e. The lowest BCUT2D eigenvalue weighted by Gasteiger charge is -2.39. The monoisotopic (exact) mass is 656 g/mol. The van der Waals surface area contributed by atoms with E-state index in [1.807, 2.05) is 30.3 Å². The van der Waals surface area contributed by atoms with E-state index < -0.39 is 10.0 Å². The Kier molecular flexibility index (Phi) is 7.57. The zero-order valence-electron chi connectivity index (χ0n) is 19.7. The van der Waals surface area contributed by atoms with Crippen molar-refractivity contribution in [3.05, 3.63) is 61.2 Å². The Labute approximate surface area is 231 Å². The average Bonchev–Trinajstić information content (AvgIpc) is 3.24. The lowest BCUT2D eigenvalue weighted by atomic mass is 10.2. The molecular formula is C23H26Br2N6O3S2. The van der Waals surface area contributed by atoms with E-state index in [0.717, 1.165) is 40.1 Å². The highest BCUT2D eigenvalue weighted by Gasteiger charge is 2.33. The number of halogens is 2. The van der Waals surface area contributed by atoms with Gasteiger partial charge < -0.3 is 14.7 Å². The first-order chi connectivity index (χ1) is 17.3. The van der Waals surface area contributed by atoms with E-state index in [1.165, 1.54) is 20.3 Å². The molecule has 2 aromatic heterocycles. The second kappa shape index (κ2) is 10.5. The highest BCUT2D eigenvalue weighted by atomic mass is 79.9. The number of rotatable bonds is 5. The summed E-state index contributed by atoms with van der Waals surface area (Å²) in [6.45, 7) is 4.84. The molecular weight excluding hydrogens is 632 g/mol. The molecule has 13 heteroatoms. The number of benzene rings is 1. The molecule has 0 unspecified atom stereocenters. The van der Waals surface area contributed by atoms with Crippen LogP contribution >= 0.6 is 43.2 Å². The average molecular weight is 658 g/mol. The number of sulfonamides is 1. The van der Waals surface area contributed by atoms with Crippen molar-refractivity contribution >= 4 is 64.6 Å². The summed E-state index contributed by atoms with van der Waals surface area (Å²) in [6.07, 6.45) is 1.75. The molecule has 0 saturated carbocycles. The fraction of sp³-hybridized carbons (Fsp3) is 0.391. The van der Waals surface area contributed by atoms with Crippen LogP contribution in [-0.4, -0.2) is 86.8 Å². The maximum atomic E-state index is 13.8. The van der Waals surface area contributed by atoms with Crippen LogP contribution < -0.4 is 15.4 Å². The molecule has 5 rings (SSSR count). The van der Waals surface area contributed by atoms with Crippen LogP contribution in [0.5, 0.6) is 0 Å². The molecule has 2 aliphatic heterocycles. The van der Waals surface area contributed by atoms with Crippen LogP contribution in [0, 0.1) is 0 Å². The minimum Gasteiger partial charge on any atom is -0.366 e. The summed E-state index contributed by atoms with van der Waals surface area (Å²) in [5.41, 5.74) is 1.94. The van der Waals surface area contributed by atoms with Gasteiger partial charge in [-0.2, -0.15) is 14.1 Å². The molecule has 192 valence electrons. The van der Waals surface area contributed by atoms with Gasteiger partial charge in [0.15, 0.2) is 0 Å². The van der Waals surface area contributed by atoms with Crippen molar-refractivity contribution in [1.82, 2.24) is 19.0 Å². The number of aromatic nitrogens is 2. The Morgan fingerprint density at radius 1 is 0.917 bits per heavy atom. The van der Waals surface area contributed by atoms with Gasteiger partial charge in [0.2, 0.25) is 0 Å². The zero-order valence-corrected chi connectivity index (χ0v) is 24.5. The Bertz CT molecular complexity index is 1380. The lowest BCUT2D eigenvalue weighted by molar-refractivity contribution is 0.312. The van der Waals surface area contributed by atoms with Crippen molar-refractivity contribution in [3.8, 4) is 5.69 Å². The molecule has 3 aromatic rings. The van der Waals surface area contributed by atoms with Crippen LogP contribution in [0.25, 0.3) is 5.69 Å². The van der Waals surface area contributed by atoms with Crippen LogP contribution in [0.3, 0.4) is 0 Å². The van der Waals surface area contributed by atoms with E-state index in [1.54, 1.807) is 12.3 Å². The molecule has 9 nitrogen and oxygen atoms in total. The molecule has 2 aliphatic rings. The van der Waals surface area contributed by atoms with Gasteiger partial charge in [0.1, 0.15) is 9.90 Å². The third-order valence-electron chi connectivity index (χ3n) is 6.55. The van der Waals surface area contributed by atoms with E-state index in [4.69, 9.17) is 0 Å². The molecule has 2 fully saturated rings. The summed E-state index contributed by atoms with van der Waals surface area (Å²) in [4.78, 5) is 20.2. The summed E-state index contributed by atoms with van der Waals surface area (Å²) < 4.78 is 31.1. The lowest BCUT2D eigenvalue weighted by Crippen LogP contribution is -2.51. The number of para-hydroxylation sites is 1. The Balaban J connectivity index is 1.44. The summed E-state index contributed by atoms with van der Waals surface area (Å²) in [7, 11) is -1.51. The van der Waals surface area contributed by atoms with Gasteiger partial charge >= 0.3 is 0 Å². The molecule has 36 heavy (non-hydrogen) atoms. The highest BCUT2D eigenvalue weighted by Crippen LogP contribution is 2.37. The normalized spacial score (nSPS) is 18.1. The number of nitrogens with zero attached hydrogens (tertiary/aromatic N) is 6. The van der Waals surface area contributed by atoms with Gasteiger partial charge in [-0.3, -0.25) is 4.79 Å². The molecule has 0 aliphatic carbocycles. The molecule has 2 saturated heterocycles. The first-order valence-corrected chi connectivity index (χ1v) is 15.4. The predicted octanol–water partition coefficient (Wildman–Crippen LogP) is 3.08. The van der Waals surface area contributed by atoms with E-state index in [-0.39, 0.29) is 5.56 Å². The molecule has 0 bridgehead atoms. The van der Waals surface area contributed by atoms with Gasteiger partial charge in [0.05, 0.1) is 21.4 Å². The van der Waals surface area contributed by atoms with Crippen molar-refractivity contribution in [3.63, 3.8) is 0 Å². The number of hydrogen-bond acceptors (Lipinski definition) is 8. The van der Waals surface area contributed by atoms with Crippen LogP contribution in [0.4, 0.5) is 11.4 Å². The highest BCUT2D eigenvalue weighted by molar-refractivity contribution is 9.13. The van der Waals surface area contributed by atoms with Crippen LogP contribution in [0.2, 0.25) is 0 Å². The maximum absolute atomic E-state index is 13.8. The summed E-state index contributed by atoms with van der Waals surface area (Å²) in [5.74, 6) is 0. The van der Waals surface area contributed by atoms with Gasteiger partial charge in [0.25, 0.3) is 15.6 Å². The minimum atomic E-state index is -3.59. The SMILES string of the molecule is CN1CCN(c2c(N3CCN(S(=O)(=O)c4cc(Br)c(Br)s4)CC3)cnn(-c3ccccc3)c2=O)CC1. The largest absolute Gasteiger partial charge is 0.366 e. The molecule has 1 aromatic carbocycles. The van der Waals surface area contributed by atoms with Gasteiger partial charge in [0, 0.05) is 56.8 Å². The second-order valence-corrected chi connectivity index (χ2v) is 14.2. The third kappa shape index (κ3) is 5.01. The molecule has 4 heterocycles. The van der Waals surface area contributed by atoms with E-state index in [2.05, 4.69) is 58.7 Å². The van der Waals surface area contributed by atoms with Crippen molar-refractivity contribution in [2.24, 2.45) is 0 Å². The Morgan fingerprint density at radius 3 is 2.17 bits per heavy atom. The summed E-state index contributed by atoms with van der Waals surface area (Å²) in [5, 5.41) is 4.51. The Morgan fingerprint density at radius 2 is 1.56 bits per heavy atom. The van der Waals surface area contributed by atoms with Gasteiger partial charge in [-0.05, 0) is 57.1 Å². The van der Waals surface area contributed by atoms with Gasteiger partial charge in [-0.15, -0.1) is 11.3 Å². The van der Waals surface area contributed by atoms with Crippen LogP contribution in [0.15, 0.2) is 59.9 Å². The molecule has 0 spiro atoms. The molecule has 0 N–H and O–H groups in total. The number of thiophene rings is 1. The number of likely N-dealkylation sites (N-methyl/N-ethyl adjacent to an activating group) is 1. The fourth-order valence-electron chi connectivity index (χ4n) is 4.50. The quantitative estimate of drug-likeness (QED) is 0.417. The molecule has 0 radical (unpaired) electrons. The van der Waals surface area contributed by atoms with Crippen molar-refractivity contribution in [2.45, 2.75) is 4.21 Å². The number of hydrogen-bond donors (Lipinski definition) is 0. The van der Waals surface area contributed by atoms with E-state index in [0.29, 0.717) is 41.8 Å². The fourth-order valence-corrected chi connectivity index (χ4v) is 8.89. The summed E-state index contributed by atoms with van der Waals surface area (Å²) in [6, 6.07) is 11.1. The van der Waals surface area contributed by atoms with Gasteiger partial charge in [-0.25, -0.2) is 8.42 Å². The summed E-state index contributed by atoms with van der Waals surface area (Å²) >= 11 is 7.96. The predicted molar refractivity (Wildman–Crippen MR) is 150 cm³/mol. The van der Waals surface area contributed by atoms with Gasteiger partial charge in [-0.1, -0.05) is 18.2 Å². The third-order valence-corrected chi connectivity index (χ3v) is 12.2. The second-order valence-electron chi connectivity index (χ2n) is 8.80. The first-order valence-electron chi connectivity index (χ1n) is 11.6. The standard InChI is InChI=1S/C23H26Br2N6O3S2/c1-27-7-9-29(10-8-27)21-19(16-26-31(23(21)32)17-5-3-2-4-6-17)28-11-13-30(14-12-28)36(33,34)20-15-18(24)22(25)35-20/h2-6,15-16H,7-14H2,1H3. The van der Waals surface area contributed by atoms with Crippen molar-refractivity contribution < 1.29 is 8.42 Å². The first kappa shape index (κ1) is 25.9. The van der Waals surface area contributed by atoms with Crippen molar-refractivity contribution in [1.29, 1.82) is 0 Å². The van der Waals surface area contributed by atoms with Crippen LogP contribution in [-0.2, 0) is 10.0 Å². The number of anilines is 2. The topological polar surface area (TPSA) is 82.0 Å². The van der Waals surface area contributed by atoms with Crippen molar-refractivity contribution in [2.75, 3.05) is 69.2 Å². The molecule has 0 atom stereocenters. The van der Waals surface area contributed by atoms with E-state index in [9.17, 15) is 13.2 Å². The molecule has 0 amide bonds. The Hall–Kier alpha value is -1.77. The van der Waals surface area contributed by atoms with Crippen LogP contribution in [0.1, 0.15) is 0 Å². The van der Waals surface area contributed by atoms with E-state index >= 15 is 0 Å². The minimum absolute atomic E-state index is 0.161. The zero-order chi connectivity index (χ0) is 25.4. The maximum Gasteiger partial charge on any atom is 0.297 e.